The zero-order valence-electron chi connectivity index (χ0n) is 13.1. The first-order chi connectivity index (χ1) is 10.2. The number of pyridine rings is 1. The van der Waals surface area contributed by atoms with E-state index in [2.05, 4.69) is 61.4 Å². The van der Waals surface area contributed by atoms with Crippen molar-refractivity contribution < 1.29 is 0 Å². The predicted octanol–water partition coefficient (Wildman–Crippen LogP) is 4.49. The molecule has 1 aromatic carbocycles. The first kappa shape index (κ1) is 16.1. The van der Waals surface area contributed by atoms with Crippen molar-refractivity contribution in [3.8, 4) is 0 Å². The van der Waals surface area contributed by atoms with Crippen molar-refractivity contribution >= 4 is 11.8 Å². The van der Waals surface area contributed by atoms with E-state index in [1.165, 1.54) is 22.3 Å². The average molecular weight is 300 g/mol. The maximum atomic E-state index is 4.54. The summed E-state index contributed by atoms with van der Waals surface area (Å²) >= 11 is 1.80. The van der Waals surface area contributed by atoms with Gasteiger partial charge in [0.1, 0.15) is 0 Å². The lowest BCUT2D eigenvalue weighted by atomic mass is 10.1. The van der Waals surface area contributed by atoms with Gasteiger partial charge in [0.25, 0.3) is 0 Å². The largest absolute Gasteiger partial charge is 0.313 e. The highest BCUT2D eigenvalue weighted by atomic mass is 32.2. The van der Waals surface area contributed by atoms with Crippen LogP contribution in [0, 0.1) is 13.8 Å². The van der Waals surface area contributed by atoms with Crippen molar-refractivity contribution in [2.24, 2.45) is 0 Å². The second-order valence-corrected chi connectivity index (χ2v) is 6.46. The minimum absolute atomic E-state index is 0.906. The van der Waals surface area contributed by atoms with Crippen molar-refractivity contribution in [3.05, 3.63) is 58.8 Å². The number of aryl methyl sites for hydroxylation is 2. The van der Waals surface area contributed by atoms with Gasteiger partial charge in [-0.05, 0) is 44.0 Å². The van der Waals surface area contributed by atoms with E-state index in [-0.39, 0.29) is 0 Å². The minimum Gasteiger partial charge on any atom is -0.313 e. The van der Waals surface area contributed by atoms with Crippen molar-refractivity contribution in [2.45, 2.75) is 44.5 Å². The number of hydrogen-bond acceptors (Lipinski definition) is 3. The van der Waals surface area contributed by atoms with Gasteiger partial charge < -0.3 is 5.32 Å². The van der Waals surface area contributed by atoms with Gasteiger partial charge in [-0.2, -0.15) is 0 Å². The molecule has 0 aliphatic heterocycles. The Balaban J connectivity index is 1.88. The normalized spacial score (nSPS) is 10.8. The van der Waals surface area contributed by atoms with Crippen LogP contribution in [0.4, 0.5) is 0 Å². The molecule has 112 valence electrons. The maximum Gasteiger partial charge on any atom is 0.0963 e. The summed E-state index contributed by atoms with van der Waals surface area (Å²) in [6.45, 7) is 8.44. The van der Waals surface area contributed by atoms with Gasteiger partial charge in [0, 0.05) is 18.5 Å². The van der Waals surface area contributed by atoms with Gasteiger partial charge >= 0.3 is 0 Å². The fraction of sp³-hybridized carbons (Fsp3) is 0.389. The first-order valence-corrected chi connectivity index (χ1v) is 8.51. The van der Waals surface area contributed by atoms with Crippen LogP contribution in [-0.4, -0.2) is 11.5 Å². The Hall–Kier alpha value is -1.32. The molecule has 0 bridgehead atoms. The van der Waals surface area contributed by atoms with E-state index in [1.807, 2.05) is 6.20 Å². The fourth-order valence-corrected chi connectivity index (χ4v) is 3.09. The Morgan fingerprint density at radius 2 is 1.81 bits per heavy atom. The quantitative estimate of drug-likeness (QED) is 0.602. The monoisotopic (exact) mass is 300 g/mol. The summed E-state index contributed by atoms with van der Waals surface area (Å²) in [7, 11) is 0. The molecule has 0 saturated carbocycles. The van der Waals surface area contributed by atoms with E-state index < -0.39 is 0 Å². The highest BCUT2D eigenvalue weighted by molar-refractivity contribution is 7.98. The number of aromatic nitrogens is 1. The van der Waals surface area contributed by atoms with Crippen molar-refractivity contribution in [1.82, 2.24) is 10.3 Å². The summed E-state index contributed by atoms with van der Waals surface area (Å²) in [6, 6.07) is 11.0. The molecule has 0 radical (unpaired) electrons. The highest BCUT2D eigenvalue weighted by Gasteiger charge is 2.00. The molecular formula is C18H24N2S. The van der Waals surface area contributed by atoms with Gasteiger partial charge in [0.15, 0.2) is 0 Å². The number of benzene rings is 1. The summed E-state index contributed by atoms with van der Waals surface area (Å²) < 4.78 is 0. The average Bonchev–Trinajstić information content (AvgIpc) is 2.46. The number of thioether (sulfide) groups is 1. The molecule has 0 aliphatic rings. The molecule has 2 rings (SSSR count). The van der Waals surface area contributed by atoms with E-state index in [4.69, 9.17) is 0 Å². The lowest BCUT2D eigenvalue weighted by Crippen LogP contribution is -2.13. The molecule has 2 nitrogen and oxygen atoms in total. The van der Waals surface area contributed by atoms with Gasteiger partial charge in [-0.25, -0.2) is 4.98 Å². The van der Waals surface area contributed by atoms with Crippen LogP contribution in [0.3, 0.4) is 0 Å². The van der Waals surface area contributed by atoms with E-state index in [0.29, 0.717) is 0 Å². The molecular weight excluding hydrogens is 276 g/mol. The maximum absolute atomic E-state index is 4.54. The van der Waals surface area contributed by atoms with E-state index in [9.17, 15) is 0 Å². The Kier molecular flexibility index (Phi) is 6.27. The molecule has 0 fully saturated rings. The second-order valence-electron chi connectivity index (χ2n) is 5.47. The summed E-state index contributed by atoms with van der Waals surface area (Å²) in [6.07, 6.45) is 3.14. The first-order valence-electron chi connectivity index (χ1n) is 7.53. The predicted molar refractivity (Wildman–Crippen MR) is 91.7 cm³/mol. The van der Waals surface area contributed by atoms with Crippen LogP contribution in [0.15, 0.2) is 41.6 Å². The van der Waals surface area contributed by atoms with Crippen LogP contribution in [0.25, 0.3) is 0 Å². The fourth-order valence-electron chi connectivity index (χ4n) is 2.32. The lowest BCUT2D eigenvalue weighted by molar-refractivity contribution is 0.673. The summed E-state index contributed by atoms with van der Waals surface area (Å²) in [5.41, 5.74) is 5.28. The van der Waals surface area contributed by atoms with Crippen LogP contribution in [0.2, 0.25) is 0 Å². The van der Waals surface area contributed by atoms with Crippen LogP contribution in [-0.2, 0) is 12.3 Å². The molecule has 0 saturated heterocycles. The zero-order valence-corrected chi connectivity index (χ0v) is 14.0. The third-order valence-corrected chi connectivity index (χ3v) is 4.24. The third kappa shape index (κ3) is 5.52. The lowest BCUT2D eigenvalue weighted by Gasteiger charge is -2.06. The molecule has 0 amide bonds. The van der Waals surface area contributed by atoms with Crippen LogP contribution in [0.5, 0.6) is 0 Å². The van der Waals surface area contributed by atoms with Crippen molar-refractivity contribution in [2.75, 3.05) is 6.54 Å². The van der Waals surface area contributed by atoms with E-state index in [0.717, 1.165) is 30.3 Å². The molecule has 2 aromatic rings. The van der Waals surface area contributed by atoms with Crippen molar-refractivity contribution in [1.29, 1.82) is 0 Å². The Morgan fingerprint density at radius 3 is 2.43 bits per heavy atom. The Morgan fingerprint density at radius 1 is 1.05 bits per heavy atom. The standard InChI is InChI=1S/C18H24N2S/c1-4-7-19-11-16-5-6-18(20-12-16)21-13-17-9-14(2)8-15(3)10-17/h5-6,8-10,12,19H,4,7,11,13H2,1-3H3. The number of nitrogens with zero attached hydrogens (tertiary/aromatic N) is 1. The zero-order chi connectivity index (χ0) is 15.1. The molecule has 1 aromatic heterocycles. The van der Waals surface area contributed by atoms with Crippen LogP contribution < -0.4 is 5.32 Å². The van der Waals surface area contributed by atoms with Gasteiger partial charge in [0.2, 0.25) is 0 Å². The van der Waals surface area contributed by atoms with Crippen LogP contribution in [0.1, 0.15) is 35.6 Å². The Labute approximate surface area is 132 Å². The summed E-state index contributed by atoms with van der Waals surface area (Å²) in [4.78, 5) is 4.54. The molecule has 21 heavy (non-hydrogen) atoms. The molecule has 0 unspecified atom stereocenters. The second kappa shape index (κ2) is 8.20. The SMILES string of the molecule is CCCNCc1ccc(SCc2cc(C)cc(C)c2)nc1. The van der Waals surface area contributed by atoms with Crippen molar-refractivity contribution in [3.63, 3.8) is 0 Å². The van der Waals surface area contributed by atoms with Crippen LogP contribution >= 0.6 is 11.8 Å². The smallest absolute Gasteiger partial charge is 0.0963 e. The molecule has 3 heteroatoms. The highest BCUT2D eigenvalue weighted by Crippen LogP contribution is 2.22. The van der Waals surface area contributed by atoms with Gasteiger partial charge in [0.05, 0.1) is 5.03 Å². The molecule has 0 aliphatic carbocycles. The van der Waals surface area contributed by atoms with E-state index >= 15 is 0 Å². The van der Waals surface area contributed by atoms with Gasteiger partial charge in [-0.1, -0.05) is 42.3 Å². The third-order valence-electron chi connectivity index (χ3n) is 3.22. The number of nitrogens with one attached hydrogen (secondary N) is 1. The van der Waals surface area contributed by atoms with E-state index in [1.54, 1.807) is 11.8 Å². The van der Waals surface area contributed by atoms with Gasteiger partial charge in [-0.15, -0.1) is 11.8 Å². The summed E-state index contributed by atoms with van der Waals surface area (Å²) in [5.74, 6) is 0.975. The Bertz CT molecular complexity index is 544. The molecule has 1 heterocycles. The minimum atomic E-state index is 0.906. The molecule has 1 N–H and O–H groups in total. The number of rotatable bonds is 7. The molecule has 0 atom stereocenters. The van der Waals surface area contributed by atoms with Gasteiger partial charge in [-0.3, -0.25) is 0 Å². The summed E-state index contributed by atoms with van der Waals surface area (Å²) in [5, 5.41) is 4.49. The number of hydrogen-bond donors (Lipinski definition) is 1. The topological polar surface area (TPSA) is 24.9 Å². The molecule has 0 spiro atoms.